The molecule has 13 atom stereocenters. The molecule has 0 bridgehead atoms. The van der Waals surface area contributed by atoms with Crippen LogP contribution < -0.4 is 31.9 Å². The maximum absolute atomic E-state index is 13.9. The van der Waals surface area contributed by atoms with E-state index in [-0.39, 0.29) is 39.0 Å². The third kappa shape index (κ3) is 21.4. The first kappa shape index (κ1) is 63.6. The molecular formula is C54H82N6O19. The lowest BCUT2D eigenvalue weighted by Gasteiger charge is -2.50. The zero-order valence-corrected chi connectivity index (χ0v) is 47.1. The lowest BCUT2D eigenvalue weighted by atomic mass is 9.83. The summed E-state index contributed by atoms with van der Waals surface area (Å²) in [7, 11) is 0. The molecule has 9 N–H and O–H groups in total. The molecule has 0 spiro atoms. The highest BCUT2D eigenvalue weighted by molar-refractivity contribution is 5.71. The molecule has 0 radical (unpaired) electrons. The Balaban J connectivity index is 1.58. The monoisotopic (exact) mass is 1120 g/mol. The van der Waals surface area contributed by atoms with Crippen LogP contribution in [0.4, 0.5) is 28.8 Å². The van der Waals surface area contributed by atoms with Crippen LogP contribution in [0.15, 0.2) is 60.7 Å². The van der Waals surface area contributed by atoms with Crippen molar-refractivity contribution in [2.24, 2.45) is 0 Å². The number of hydrogen-bond acceptors (Lipinski definition) is 19. The van der Waals surface area contributed by atoms with Crippen molar-refractivity contribution in [1.29, 1.82) is 0 Å². The van der Waals surface area contributed by atoms with Crippen LogP contribution >= 0.6 is 0 Å². The smallest absolute Gasteiger partial charge is 0.408 e. The van der Waals surface area contributed by atoms with Gasteiger partial charge in [-0.3, -0.25) is 0 Å². The first-order chi connectivity index (χ1) is 36.8. The number of hydrogen-bond donors (Lipinski definition) is 9. The minimum absolute atomic E-state index is 0.0819. The second-order valence-corrected chi connectivity index (χ2v) is 23.5. The van der Waals surface area contributed by atoms with Crippen LogP contribution in [0.5, 0.6) is 0 Å². The molecule has 442 valence electrons. The number of nitrogens with one attached hydrogen (secondary N) is 6. The molecule has 2 heterocycles. The van der Waals surface area contributed by atoms with Gasteiger partial charge in [0.1, 0.15) is 72.2 Å². The highest BCUT2D eigenvalue weighted by atomic mass is 16.7. The van der Waals surface area contributed by atoms with Gasteiger partial charge in [-0.25, -0.2) is 28.8 Å². The van der Waals surface area contributed by atoms with Gasteiger partial charge in [0, 0.05) is 6.54 Å². The van der Waals surface area contributed by atoms with Crippen molar-refractivity contribution in [3.63, 3.8) is 0 Å². The van der Waals surface area contributed by atoms with Crippen molar-refractivity contribution in [3.05, 3.63) is 71.8 Å². The SMILES string of the molecule is CC(C)(C)OC(=O)NC[C@@H]1CC[C@@H](NC(=O)OC(C)(C)C)[C@@H](O[C@H]2[C@H](O)[C@@H](O[C@H]3O[C@H](CO)[C@@H](O)[C@H](NC(=O)OCc4ccccc4)[C@H]3NC(=O)OC(C)(C)C)[C@H](NC(=O)OCc3ccccc3)C[C@@H]2NC(=O)OC(C)(C)C)O1. The fraction of sp³-hybridized carbons (Fsp3) is 0.667. The van der Waals surface area contributed by atoms with E-state index in [9.17, 15) is 44.1 Å². The number of alkyl carbamates (subject to hydrolysis) is 6. The summed E-state index contributed by atoms with van der Waals surface area (Å²) in [5.41, 5.74) is -2.58. The van der Waals surface area contributed by atoms with E-state index in [0.29, 0.717) is 11.1 Å². The number of carbonyl (C=O) groups is 6. The van der Waals surface area contributed by atoms with E-state index in [0.717, 1.165) is 0 Å². The van der Waals surface area contributed by atoms with Crippen LogP contribution in [0.1, 0.15) is 113 Å². The lowest BCUT2D eigenvalue weighted by molar-refractivity contribution is -0.299. The topological polar surface area (TPSA) is 328 Å². The van der Waals surface area contributed by atoms with Gasteiger partial charge in [-0.2, -0.15) is 0 Å². The zero-order valence-electron chi connectivity index (χ0n) is 47.1. The Hall–Kier alpha value is -6.22. The number of aliphatic hydroxyl groups is 3. The lowest BCUT2D eigenvalue weighted by Crippen LogP contribution is -2.72. The summed E-state index contributed by atoms with van der Waals surface area (Å²) in [5.74, 6) is 0. The van der Waals surface area contributed by atoms with Gasteiger partial charge in [0.15, 0.2) is 12.6 Å². The Morgan fingerprint density at radius 3 is 1.41 bits per heavy atom. The molecule has 0 unspecified atom stereocenters. The third-order valence-electron chi connectivity index (χ3n) is 11.9. The first-order valence-corrected chi connectivity index (χ1v) is 26.3. The van der Waals surface area contributed by atoms with Crippen molar-refractivity contribution in [2.75, 3.05) is 13.2 Å². The van der Waals surface area contributed by atoms with Crippen LogP contribution in [0.2, 0.25) is 0 Å². The van der Waals surface area contributed by atoms with Crippen LogP contribution in [0.3, 0.4) is 0 Å². The molecule has 25 nitrogen and oxygen atoms in total. The molecule has 79 heavy (non-hydrogen) atoms. The first-order valence-electron chi connectivity index (χ1n) is 26.3. The van der Waals surface area contributed by atoms with Crippen LogP contribution in [0.25, 0.3) is 0 Å². The van der Waals surface area contributed by atoms with E-state index in [2.05, 4.69) is 31.9 Å². The summed E-state index contributed by atoms with van der Waals surface area (Å²) in [5, 5.41) is 51.4. The van der Waals surface area contributed by atoms with Gasteiger partial charge in [0.25, 0.3) is 0 Å². The number of rotatable bonds is 16. The number of benzene rings is 2. The molecule has 1 aliphatic carbocycles. The number of amides is 6. The minimum atomic E-state index is -1.97. The maximum Gasteiger partial charge on any atom is 0.408 e. The van der Waals surface area contributed by atoms with Crippen molar-refractivity contribution in [2.45, 2.75) is 217 Å². The van der Waals surface area contributed by atoms with Gasteiger partial charge >= 0.3 is 36.6 Å². The Kier molecular flexibility index (Phi) is 22.4. The molecule has 2 saturated heterocycles. The molecule has 5 rings (SSSR count). The summed E-state index contributed by atoms with van der Waals surface area (Å²) in [6.45, 7) is 18.5. The average Bonchev–Trinajstić information content (AvgIpc) is 3.37. The van der Waals surface area contributed by atoms with Crippen molar-refractivity contribution in [3.8, 4) is 0 Å². The predicted octanol–water partition coefficient (Wildman–Crippen LogP) is 4.90. The third-order valence-corrected chi connectivity index (χ3v) is 11.9. The average molecular weight is 1120 g/mol. The summed E-state index contributed by atoms with van der Waals surface area (Å²) in [6, 6.07) is 10.6. The second-order valence-electron chi connectivity index (χ2n) is 23.5. The molecular weight excluding hydrogens is 1040 g/mol. The van der Waals surface area contributed by atoms with E-state index in [1.165, 1.54) is 0 Å². The molecule has 25 heteroatoms. The largest absolute Gasteiger partial charge is 0.445 e. The molecule has 1 saturated carbocycles. The number of ether oxygens (including phenoxy) is 10. The van der Waals surface area contributed by atoms with Crippen molar-refractivity contribution >= 4 is 36.6 Å². The zero-order chi connectivity index (χ0) is 58.5. The van der Waals surface area contributed by atoms with E-state index in [1.54, 1.807) is 144 Å². The predicted molar refractivity (Wildman–Crippen MR) is 281 cm³/mol. The number of carbonyl (C=O) groups excluding carboxylic acids is 6. The molecule has 0 aromatic heterocycles. The van der Waals surface area contributed by atoms with Gasteiger partial charge in [-0.15, -0.1) is 0 Å². The standard InChI is InChI=1S/C54H82N6O19/c1-51(2,3)76-45(64)55-26-32-23-24-33(56-48(67)77-52(4,5)6)43(72-32)74-41-35(58-49(68)78-53(7,8)9)25-34(57-46(65)70-28-30-19-15-13-16-20-30)42(40(41)63)75-44-38(60-50(69)79-54(10,11)12)37(39(62)36(27-61)73-44)59-47(66)71-29-31-21-17-14-18-22-31/h13-22,32-44,61-63H,23-29H2,1-12H3,(H,55,64)(H,56,67)(H,57,65)(H,58,68)(H,59,66)(H,60,69)/t32-,33+,34+,35-,36+,37+,38+,39+,40-,41+,42-,43+,44+/m0/s1. The van der Waals surface area contributed by atoms with Gasteiger partial charge in [-0.1, -0.05) is 60.7 Å². The maximum atomic E-state index is 13.9. The van der Waals surface area contributed by atoms with Gasteiger partial charge in [0.05, 0.1) is 36.9 Å². The summed E-state index contributed by atoms with van der Waals surface area (Å²) >= 11 is 0. The van der Waals surface area contributed by atoms with Gasteiger partial charge in [0.2, 0.25) is 0 Å². The minimum Gasteiger partial charge on any atom is -0.445 e. The van der Waals surface area contributed by atoms with E-state index < -0.39 is 145 Å². The Bertz CT molecular complexity index is 2310. The van der Waals surface area contributed by atoms with Gasteiger partial charge in [-0.05, 0) is 113 Å². The molecule has 3 fully saturated rings. The van der Waals surface area contributed by atoms with E-state index in [1.807, 2.05) is 0 Å². The fourth-order valence-corrected chi connectivity index (χ4v) is 8.66. The van der Waals surface area contributed by atoms with Crippen LogP contribution in [0, 0.1) is 0 Å². The second kappa shape index (κ2) is 27.8. The number of aliphatic hydroxyl groups excluding tert-OH is 3. The van der Waals surface area contributed by atoms with Crippen LogP contribution in [-0.2, 0) is 60.6 Å². The Labute approximate surface area is 461 Å². The highest BCUT2D eigenvalue weighted by Crippen LogP contribution is 2.34. The summed E-state index contributed by atoms with van der Waals surface area (Å²) in [6.07, 6.45) is -18.1. The van der Waals surface area contributed by atoms with Crippen molar-refractivity contribution < 1.29 is 91.5 Å². The quantitative estimate of drug-likeness (QED) is 0.101. The van der Waals surface area contributed by atoms with Gasteiger partial charge < -0.3 is 94.6 Å². The molecule has 2 aliphatic heterocycles. The molecule has 2 aromatic rings. The summed E-state index contributed by atoms with van der Waals surface area (Å²) in [4.78, 5) is 81.1. The molecule has 2 aromatic carbocycles. The van der Waals surface area contributed by atoms with E-state index in [4.69, 9.17) is 47.4 Å². The summed E-state index contributed by atoms with van der Waals surface area (Å²) < 4.78 is 59.3. The molecule has 3 aliphatic rings. The van der Waals surface area contributed by atoms with Crippen LogP contribution in [-0.4, -0.2) is 167 Å². The Morgan fingerprint density at radius 2 is 0.924 bits per heavy atom. The normalized spacial score (nSPS) is 27.4. The van der Waals surface area contributed by atoms with Crippen molar-refractivity contribution in [1.82, 2.24) is 31.9 Å². The van der Waals surface area contributed by atoms with E-state index >= 15 is 0 Å². The Morgan fingerprint density at radius 1 is 0.506 bits per heavy atom. The fourth-order valence-electron chi connectivity index (χ4n) is 8.66. The molecule has 6 amide bonds. The highest BCUT2D eigenvalue weighted by Gasteiger charge is 2.54.